The number of nitrogens with zero attached hydrogens (tertiary/aromatic N) is 2. The zero-order valence-electron chi connectivity index (χ0n) is 17.4. The quantitative estimate of drug-likeness (QED) is 0.400. The lowest BCUT2D eigenvalue weighted by Crippen LogP contribution is -2.36. The minimum atomic E-state index is -0.486. The summed E-state index contributed by atoms with van der Waals surface area (Å²) in [6, 6.07) is 0. The van der Waals surface area contributed by atoms with Crippen LogP contribution in [0, 0.1) is 0 Å². The van der Waals surface area contributed by atoms with Gasteiger partial charge in [0.15, 0.2) is 0 Å². The molecule has 8 nitrogen and oxygen atoms in total. The van der Waals surface area contributed by atoms with Crippen LogP contribution in [0.15, 0.2) is 0 Å². The highest BCUT2D eigenvalue weighted by atomic mass is 16.6. The monoisotopic (exact) mass is 378 g/mol. The van der Waals surface area contributed by atoms with Crippen molar-refractivity contribution in [2.75, 3.05) is 87.1 Å². The molecule has 26 heavy (non-hydrogen) atoms. The molecule has 0 heterocycles. The standard InChI is InChI=1S/C18H38N2O6/c1-18(2,3)26-17(21)20(6)8-10-23-12-14-25-16-15-24-13-11-22-9-7-19(4)5/h7-16H2,1-6H3. The zero-order chi connectivity index (χ0) is 19.8. The van der Waals surface area contributed by atoms with E-state index in [1.165, 1.54) is 4.90 Å². The number of carbonyl (C=O) groups is 1. The van der Waals surface area contributed by atoms with Crippen LogP contribution in [0.4, 0.5) is 4.79 Å². The molecule has 0 aromatic carbocycles. The Morgan fingerprint density at radius 3 is 1.46 bits per heavy atom. The van der Waals surface area contributed by atoms with Gasteiger partial charge in [0.2, 0.25) is 0 Å². The molecule has 0 bridgehead atoms. The second-order valence-corrected chi connectivity index (χ2v) is 7.15. The number of hydrogen-bond donors (Lipinski definition) is 0. The third-order valence-corrected chi connectivity index (χ3v) is 3.08. The van der Waals surface area contributed by atoms with Gasteiger partial charge in [-0.05, 0) is 34.9 Å². The summed E-state index contributed by atoms with van der Waals surface area (Å²) in [5.74, 6) is 0. The third-order valence-electron chi connectivity index (χ3n) is 3.08. The summed E-state index contributed by atoms with van der Waals surface area (Å²) in [6.45, 7) is 11.3. The van der Waals surface area contributed by atoms with E-state index in [2.05, 4.69) is 4.90 Å². The molecule has 0 radical (unpaired) electrons. The van der Waals surface area contributed by atoms with Crippen LogP contribution in [0.3, 0.4) is 0 Å². The second-order valence-electron chi connectivity index (χ2n) is 7.15. The van der Waals surface area contributed by atoms with E-state index in [1.807, 2.05) is 34.9 Å². The van der Waals surface area contributed by atoms with Crippen molar-refractivity contribution < 1.29 is 28.5 Å². The molecule has 156 valence electrons. The van der Waals surface area contributed by atoms with Gasteiger partial charge in [-0.1, -0.05) is 0 Å². The Balaban J connectivity index is 3.30. The highest BCUT2D eigenvalue weighted by molar-refractivity contribution is 5.67. The van der Waals surface area contributed by atoms with Crippen LogP contribution in [0.25, 0.3) is 0 Å². The first-order valence-corrected chi connectivity index (χ1v) is 9.12. The van der Waals surface area contributed by atoms with E-state index >= 15 is 0 Å². The summed E-state index contributed by atoms with van der Waals surface area (Å²) < 4.78 is 26.9. The molecule has 0 aromatic rings. The Labute approximate surface area is 158 Å². The van der Waals surface area contributed by atoms with Gasteiger partial charge < -0.3 is 33.5 Å². The highest BCUT2D eigenvalue weighted by Gasteiger charge is 2.19. The van der Waals surface area contributed by atoms with E-state index in [0.29, 0.717) is 59.4 Å². The van der Waals surface area contributed by atoms with Crippen molar-refractivity contribution in [3.63, 3.8) is 0 Å². The number of ether oxygens (including phenoxy) is 5. The predicted molar refractivity (Wildman–Crippen MR) is 101 cm³/mol. The normalized spacial score (nSPS) is 11.8. The van der Waals surface area contributed by atoms with Crippen LogP contribution >= 0.6 is 0 Å². The van der Waals surface area contributed by atoms with E-state index in [0.717, 1.165) is 6.54 Å². The van der Waals surface area contributed by atoms with Gasteiger partial charge in [-0.3, -0.25) is 0 Å². The molecule has 0 spiro atoms. The molecule has 0 saturated heterocycles. The molecular weight excluding hydrogens is 340 g/mol. The van der Waals surface area contributed by atoms with Crippen LogP contribution in [-0.2, 0) is 23.7 Å². The summed E-state index contributed by atoms with van der Waals surface area (Å²) in [6.07, 6.45) is -0.347. The first kappa shape index (κ1) is 25.1. The van der Waals surface area contributed by atoms with Gasteiger partial charge in [-0.25, -0.2) is 4.79 Å². The maximum atomic E-state index is 11.7. The van der Waals surface area contributed by atoms with Gasteiger partial charge in [0.25, 0.3) is 0 Å². The lowest BCUT2D eigenvalue weighted by molar-refractivity contribution is -0.00651. The summed E-state index contributed by atoms with van der Waals surface area (Å²) in [5.41, 5.74) is -0.486. The Hall–Kier alpha value is -0.930. The number of amides is 1. The number of hydrogen-bond acceptors (Lipinski definition) is 7. The first-order chi connectivity index (χ1) is 12.2. The molecule has 0 atom stereocenters. The van der Waals surface area contributed by atoms with Crippen molar-refractivity contribution in [3.8, 4) is 0 Å². The molecule has 0 aromatic heterocycles. The van der Waals surface area contributed by atoms with E-state index in [-0.39, 0.29) is 6.09 Å². The first-order valence-electron chi connectivity index (χ1n) is 9.12. The minimum Gasteiger partial charge on any atom is -0.444 e. The van der Waals surface area contributed by atoms with E-state index in [4.69, 9.17) is 23.7 Å². The number of rotatable bonds is 15. The van der Waals surface area contributed by atoms with Crippen molar-refractivity contribution in [2.24, 2.45) is 0 Å². The van der Waals surface area contributed by atoms with Crippen LogP contribution in [0.5, 0.6) is 0 Å². The Morgan fingerprint density at radius 1 is 0.692 bits per heavy atom. The SMILES string of the molecule is CN(C)CCOCCOCCOCCOCCN(C)C(=O)OC(C)(C)C. The summed E-state index contributed by atoms with van der Waals surface area (Å²) in [5, 5.41) is 0. The largest absolute Gasteiger partial charge is 0.444 e. The van der Waals surface area contributed by atoms with Crippen LogP contribution in [-0.4, -0.2) is 109 Å². The topological polar surface area (TPSA) is 69.7 Å². The lowest BCUT2D eigenvalue weighted by atomic mass is 10.2. The maximum Gasteiger partial charge on any atom is 0.410 e. The lowest BCUT2D eigenvalue weighted by Gasteiger charge is -2.24. The summed E-state index contributed by atoms with van der Waals surface area (Å²) in [7, 11) is 5.72. The zero-order valence-corrected chi connectivity index (χ0v) is 17.4. The van der Waals surface area contributed by atoms with Gasteiger partial charge in [-0.15, -0.1) is 0 Å². The predicted octanol–water partition coefficient (Wildman–Crippen LogP) is 1.48. The number of carbonyl (C=O) groups excluding carboxylic acids is 1. The molecule has 1 amide bonds. The molecule has 0 N–H and O–H groups in total. The van der Waals surface area contributed by atoms with Crippen LogP contribution in [0.2, 0.25) is 0 Å². The molecular formula is C18H38N2O6. The van der Waals surface area contributed by atoms with Gasteiger partial charge in [0.1, 0.15) is 5.60 Å². The fraction of sp³-hybridized carbons (Fsp3) is 0.944. The van der Waals surface area contributed by atoms with Crippen LogP contribution in [0.1, 0.15) is 20.8 Å². The smallest absolute Gasteiger partial charge is 0.410 e. The molecule has 0 rings (SSSR count). The molecule has 0 unspecified atom stereocenters. The fourth-order valence-corrected chi connectivity index (χ4v) is 1.64. The Kier molecular flexibility index (Phi) is 14.6. The molecule has 0 aliphatic rings. The molecule has 0 aliphatic carbocycles. The van der Waals surface area contributed by atoms with Crippen molar-refractivity contribution in [3.05, 3.63) is 0 Å². The fourth-order valence-electron chi connectivity index (χ4n) is 1.64. The van der Waals surface area contributed by atoms with Crippen LogP contribution < -0.4 is 0 Å². The van der Waals surface area contributed by atoms with Crippen molar-refractivity contribution in [2.45, 2.75) is 26.4 Å². The molecule has 0 fully saturated rings. The number of likely N-dealkylation sites (N-methyl/N-ethyl adjacent to an activating group) is 2. The third kappa shape index (κ3) is 17.9. The van der Waals surface area contributed by atoms with Gasteiger partial charge in [0.05, 0.1) is 52.9 Å². The second kappa shape index (κ2) is 15.2. The van der Waals surface area contributed by atoms with Crippen molar-refractivity contribution >= 4 is 6.09 Å². The Bertz CT molecular complexity index is 347. The van der Waals surface area contributed by atoms with Crippen molar-refractivity contribution in [1.29, 1.82) is 0 Å². The van der Waals surface area contributed by atoms with Gasteiger partial charge in [0, 0.05) is 20.1 Å². The highest BCUT2D eigenvalue weighted by Crippen LogP contribution is 2.08. The van der Waals surface area contributed by atoms with E-state index in [9.17, 15) is 4.79 Å². The molecule has 8 heteroatoms. The Morgan fingerprint density at radius 2 is 1.08 bits per heavy atom. The average molecular weight is 379 g/mol. The minimum absolute atomic E-state index is 0.347. The molecule has 0 aliphatic heterocycles. The average Bonchev–Trinajstić information content (AvgIpc) is 2.53. The summed E-state index contributed by atoms with van der Waals surface area (Å²) >= 11 is 0. The maximum absolute atomic E-state index is 11.7. The summed E-state index contributed by atoms with van der Waals surface area (Å²) in [4.78, 5) is 15.3. The molecule has 0 saturated carbocycles. The van der Waals surface area contributed by atoms with E-state index < -0.39 is 5.60 Å². The van der Waals surface area contributed by atoms with Crippen molar-refractivity contribution in [1.82, 2.24) is 9.80 Å². The van der Waals surface area contributed by atoms with E-state index in [1.54, 1.807) is 7.05 Å². The van der Waals surface area contributed by atoms with Gasteiger partial charge in [-0.2, -0.15) is 0 Å². The van der Waals surface area contributed by atoms with Gasteiger partial charge >= 0.3 is 6.09 Å².